The van der Waals surface area contributed by atoms with Crippen molar-refractivity contribution < 1.29 is 14.1 Å². The number of aromatic nitrogens is 1. The number of nitrogens with zero attached hydrogens (tertiary/aromatic N) is 1. The van der Waals surface area contributed by atoms with E-state index in [0.717, 1.165) is 18.9 Å². The molecular weight excluding hydrogens is 222 g/mol. The van der Waals surface area contributed by atoms with Gasteiger partial charge >= 0.3 is 0 Å². The van der Waals surface area contributed by atoms with Gasteiger partial charge in [-0.2, -0.15) is 0 Å². The number of carbonyl (C=O) groups excluding carboxylic acids is 1. The Morgan fingerprint density at radius 1 is 1.65 bits per heavy atom. The van der Waals surface area contributed by atoms with E-state index in [0.29, 0.717) is 12.4 Å². The SMILES string of the molecule is NNC(=O)c1cc(COCCC2CCC2)on1. The van der Waals surface area contributed by atoms with Gasteiger partial charge in [-0.25, -0.2) is 5.84 Å². The molecule has 1 heterocycles. The number of rotatable bonds is 6. The minimum Gasteiger partial charge on any atom is -0.373 e. The molecule has 1 saturated carbocycles. The summed E-state index contributed by atoms with van der Waals surface area (Å²) in [6, 6.07) is 1.53. The molecule has 6 heteroatoms. The van der Waals surface area contributed by atoms with Crippen molar-refractivity contribution in [1.29, 1.82) is 0 Å². The Morgan fingerprint density at radius 2 is 2.47 bits per heavy atom. The summed E-state index contributed by atoms with van der Waals surface area (Å²) in [4.78, 5) is 11.1. The molecule has 0 bridgehead atoms. The van der Waals surface area contributed by atoms with E-state index in [-0.39, 0.29) is 5.69 Å². The van der Waals surface area contributed by atoms with Gasteiger partial charge in [-0.1, -0.05) is 24.4 Å². The Morgan fingerprint density at radius 3 is 3.12 bits per heavy atom. The maximum atomic E-state index is 11.1. The zero-order chi connectivity index (χ0) is 12.1. The van der Waals surface area contributed by atoms with Crippen LogP contribution in [0, 0.1) is 5.92 Å². The average molecular weight is 239 g/mol. The quantitative estimate of drug-likeness (QED) is 0.334. The smallest absolute Gasteiger partial charge is 0.287 e. The van der Waals surface area contributed by atoms with Gasteiger partial charge < -0.3 is 9.26 Å². The van der Waals surface area contributed by atoms with Gasteiger partial charge in [0.1, 0.15) is 6.61 Å². The highest BCUT2D eigenvalue weighted by molar-refractivity contribution is 5.91. The Hall–Kier alpha value is -1.40. The fraction of sp³-hybridized carbons (Fsp3) is 0.636. The first-order chi connectivity index (χ1) is 8.29. The number of hydrogen-bond acceptors (Lipinski definition) is 5. The maximum Gasteiger partial charge on any atom is 0.287 e. The summed E-state index contributed by atoms with van der Waals surface area (Å²) in [5.41, 5.74) is 2.16. The molecule has 0 unspecified atom stereocenters. The lowest BCUT2D eigenvalue weighted by Gasteiger charge is -2.24. The molecule has 17 heavy (non-hydrogen) atoms. The molecule has 2 rings (SSSR count). The van der Waals surface area contributed by atoms with E-state index in [9.17, 15) is 4.79 Å². The summed E-state index contributed by atoms with van der Waals surface area (Å²) in [5.74, 6) is 5.89. The van der Waals surface area contributed by atoms with Crippen LogP contribution >= 0.6 is 0 Å². The van der Waals surface area contributed by atoms with E-state index in [4.69, 9.17) is 15.1 Å². The fourth-order valence-corrected chi connectivity index (χ4v) is 1.77. The van der Waals surface area contributed by atoms with Crippen LogP contribution in [0.4, 0.5) is 0 Å². The van der Waals surface area contributed by atoms with E-state index < -0.39 is 5.91 Å². The third kappa shape index (κ3) is 3.28. The summed E-state index contributed by atoms with van der Waals surface area (Å²) in [6.07, 6.45) is 5.10. The largest absolute Gasteiger partial charge is 0.373 e. The summed E-state index contributed by atoms with van der Waals surface area (Å²) < 4.78 is 10.4. The predicted octanol–water partition coefficient (Wildman–Crippen LogP) is 0.985. The molecule has 6 nitrogen and oxygen atoms in total. The van der Waals surface area contributed by atoms with Crippen molar-refractivity contribution in [1.82, 2.24) is 10.6 Å². The number of amides is 1. The number of nitrogen functional groups attached to an aromatic ring is 1. The predicted molar refractivity (Wildman–Crippen MR) is 59.8 cm³/mol. The van der Waals surface area contributed by atoms with Gasteiger partial charge in [0.25, 0.3) is 5.91 Å². The molecular formula is C11H17N3O3. The molecule has 0 saturated heterocycles. The van der Waals surface area contributed by atoms with Crippen molar-refractivity contribution in [2.75, 3.05) is 6.61 Å². The van der Waals surface area contributed by atoms with E-state index in [1.165, 1.54) is 25.3 Å². The first kappa shape index (κ1) is 12.1. The van der Waals surface area contributed by atoms with Gasteiger partial charge in [0.15, 0.2) is 11.5 Å². The third-order valence-corrected chi connectivity index (χ3v) is 3.06. The van der Waals surface area contributed by atoms with Gasteiger partial charge in [-0.15, -0.1) is 0 Å². The Bertz CT molecular complexity index is 374. The van der Waals surface area contributed by atoms with Crippen LogP contribution in [-0.2, 0) is 11.3 Å². The summed E-state index contributed by atoms with van der Waals surface area (Å²) >= 11 is 0. The average Bonchev–Trinajstić information content (AvgIpc) is 2.74. The van der Waals surface area contributed by atoms with Crippen molar-refractivity contribution >= 4 is 5.91 Å². The van der Waals surface area contributed by atoms with E-state index in [1.807, 2.05) is 5.43 Å². The van der Waals surface area contributed by atoms with Crippen molar-refractivity contribution in [3.63, 3.8) is 0 Å². The zero-order valence-corrected chi connectivity index (χ0v) is 9.65. The van der Waals surface area contributed by atoms with Crippen LogP contribution in [-0.4, -0.2) is 17.7 Å². The summed E-state index contributed by atoms with van der Waals surface area (Å²) in [5, 5.41) is 3.58. The summed E-state index contributed by atoms with van der Waals surface area (Å²) in [6.45, 7) is 1.07. The molecule has 0 radical (unpaired) electrons. The van der Waals surface area contributed by atoms with Crippen LogP contribution in [0.3, 0.4) is 0 Å². The van der Waals surface area contributed by atoms with Crippen molar-refractivity contribution in [3.05, 3.63) is 17.5 Å². The monoisotopic (exact) mass is 239 g/mol. The highest BCUT2D eigenvalue weighted by atomic mass is 16.5. The lowest BCUT2D eigenvalue weighted by molar-refractivity contribution is 0.0797. The van der Waals surface area contributed by atoms with Crippen molar-refractivity contribution in [3.8, 4) is 0 Å². The van der Waals surface area contributed by atoms with Crippen LogP contribution in [0.15, 0.2) is 10.6 Å². The number of carbonyl (C=O) groups is 1. The van der Waals surface area contributed by atoms with Crippen molar-refractivity contribution in [2.45, 2.75) is 32.3 Å². The van der Waals surface area contributed by atoms with Crippen LogP contribution in [0.1, 0.15) is 41.9 Å². The van der Waals surface area contributed by atoms with Gasteiger partial charge in [-0.05, 0) is 12.3 Å². The normalized spacial score (nSPS) is 15.6. The molecule has 1 aromatic rings. The molecule has 1 aliphatic rings. The second kappa shape index (κ2) is 5.79. The number of nitrogens with two attached hydrogens (primary N) is 1. The standard InChI is InChI=1S/C11H17N3O3/c12-13-11(15)10-6-9(17-14-10)7-16-5-4-8-2-1-3-8/h6,8H,1-5,7,12H2,(H,13,15). The number of nitrogens with one attached hydrogen (secondary N) is 1. The van der Waals surface area contributed by atoms with E-state index in [1.54, 1.807) is 0 Å². The Balaban J connectivity index is 1.67. The number of ether oxygens (including phenoxy) is 1. The lowest BCUT2D eigenvalue weighted by Crippen LogP contribution is -2.30. The van der Waals surface area contributed by atoms with Gasteiger partial charge in [0, 0.05) is 12.7 Å². The minimum atomic E-state index is -0.463. The molecule has 94 valence electrons. The molecule has 1 aromatic heterocycles. The highest BCUT2D eigenvalue weighted by Gasteiger charge is 2.17. The molecule has 0 atom stereocenters. The molecule has 1 amide bonds. The van der Waals surface area contributed by atoms with Crippen LogP contribution < -0.4 is 11.3 Å². The van der Waals surface area contributed by atoms with Gasteiger partial charge in [0.2, 0.25) is 0 Å². The van der Waals surface area contributed by atoms with Gasteiger partial charge in [-0.3, -0.25) is 10.2 Å². The second-order valence-electron chi connectivity index (χ2n) is 4.29. The molecule has 0 spiro atoms. The van der Waals surface area contributed by atoms with E-state index in [2.05, 4.69) is 5.16 Å². The second-order valence-corrected chi connectivity index (χ2v) is 4.29. The topological polar surface area (TPSA) is 90.4 Å². The lowest BCUT2D eigenvalue weighted by atomic mass is 9.83. The molecule has 0 aromatic carbocycles. The fourth-order valence-electron chi connectivity index (χ4n) is 1.77. The van der Waals surface area contributed by atoms with Crippen molar-refractivity contribution in [2.24, 2.45) is 11.8 Å². The molecule has 1 aliphatic carbocycles. The first-order valence-corrected chi connectivity index (χ1v) is 5.84. The Kier molecular flexibility index (Phi) is 4.11. The Labute approximate surface area is 99.4 Å². The van der Waals surface area contributed by atoms with Gasteiger partial charge in [0.05, 0.1) is 0 Å². The molecule has 1 fully saturated rings. The van der Waals surface area contributed by atoms with Crippen LogP contribution in [0.2, 0.25) is 0 Å². The number of hydrogen-bond donors (Lipinski definition) is 2. The molecule has 3 N–H and O–H groups in total. The highest BCUT2D eigenvalue weighted by Crippen LogP contribution is 2.29. The maximum absolute atomic E-state index is 11.1. The number of hydrazine groups is 1. The minimum absolute atomic E-state index is 0.171. The van der Waals surface area contributed by atoms with E-state index >= 15 is 0 Å². The first-order valence-electron chi connectivity index (χ1n) is 5.84. The third-order valence-electron chi connectivity index (χ3n) is 3.06. The molecule has 0 aliphatic heterocycles. The van der Waals surface area contributed by atoms with Crippen LogP contribution in [0.5, 0.6) is 0 Å². The zero-order valence-electron chi connectivity index (χ0n) is 9.65. The van der Waals surface area contributed by atoms with Crippen LogP contribution in [0.25, 0.3) is 0 Å². The summed E-state index contributed by atoms with van der Waals surface area (Å²) in [7, 11) is 0.